The molecule has 0 aromatic carbocycles. The van der Waals surface area contributed by atoms with Crippen LogP contribution in [0.5, 0.6) is 0 Å². The molecular weight excluding hydrogens is 154 g/mol. The highest BCUT2D eigenvalue weighted by atomic mass is 16.3. The van der Waals surface area contributed by atoms with Gasteiger partial charge in [0.15, 0.2) is 0 Å². The van der Waals surface area contributed by atoms with Crippen LogP contribution in [0.25, 0.3) is 0 Å². The third kappa shape index (κ3) is 1.85. The lowest BCUT2D eigenvalue weighted by Gasteiger charge is -2.27. The number of allylic oxidation sites excluding steroid dienone is 2. The molecule has 3 nitrogen and oxygen atoms in total. The number of rotatable bonds is 2. The van der Waals surface area contributed by atoms with Crippen LogP contribution in [0, 0.1) is 11.8 Å². The number of carbonyl (C=O) groups excluding carboxylic acids is 1. The molecular formula is C9H15NO2. The summed E-state index contributed by atoms with van der Waals surface area (Å²) < 4.78 is 0. The molecule has 0 aromatic heterocycles. The van der Waals surface area contributed by atoms with E-state index in [1.165, 1.54) is 0 Å². The van der Waals surface area contributed by atoms with Crippen molar-refractivity contribution in [2.75, 3.05) is 0 Å². The van der Waals surface area contributed by atoms with E-state index in [1.54, 1.807) is 0 Å². The SMILES string of the molecule is C[C@H]1C=CCC[C@H]1C(O)C(N)=O. The van der Waals surface area contributed by atoms with E-state index in [0.29, 0.717) is 0 Å². The highest BCUT2D eigenvalue weighted by Crippen LogP contribution is 2.26. The van der Waals surface area contributed by atoms with Gasteiger partial charge in [-0.15, -0.1) is 0 Å². The molecule has 1 amide bonds. The molecule has 0 bridgehead atoms. The summed E-state index contributed by atoms with van der Waals surface area (Å²) in [6, 6.07) is 0. The van der Waals surface area contributed by atoms with Gasteiger partial charge in [0.1, 0.15) is 6.10 Å². The smallest absolute Gasteiger partial charge is 0.246 e. The zero-order valence-corrected chi connectivity index (χ0v) is 7.23. The van der Waals surface area contributed by atoms with Crippen molar-refractivity contribution in [2.24, 2.45) is 17.6 Å². The predicted molar refractivity (Wildman–Crippen MR) is 46.2 cm³/mol. The standard InChI is InChI=1S/C9H15NO2/c1-6-4-2-3-5-7(6)8(11)9(10)12/h2,4,6-8,11H,3,5H2,1H3,(H2,10,12)/t6-,7+,8?/m0/s1. The van der Waals surface area contributed by atoms with Crippen LogP contribution in [-0.2, 0) is 4.79 Å². The second-order valence-electron chi connectivity index (χ2n) is 3.38. The fourth-order valence-corrected chi connectivity index (χ4v) is 1.66. The first-order valence-corrected chi connectivity index (χ1v) is 4.27. The van der Waals surface area contributed by atoms with Crippen molar-refractivity contribution in [1.82, 2.24) is 0 Å². The van der Waals surface area contributed by atoms with Crippen molar-refractivity contribution in [1.29, 1.82) is 0 Å². The average Bonchev–Trinajstić information content (AvgIpc) is 2.04. The number of hydrogen-bond acceptors (Lipinski definition) is 2. The van der Waals surface area contributed by atoms with Crippen LogP contribution in [0.3, 0.4) is 0 Å². The summed E-state index contributed by atoms with van der Waals surface area (Å²) in [7, 11) is 0. The highest BCUT2D eigenvalue weighted by Gasteiger charge is 2.28. The lowest BCUT2D eigenvalue weighted by Crippen LogP contribution is -2.38. The Morgan fingerprint density at radius 1 is 1.75 bits per heavy atom. The van der Waals surface area contributed by atoms with E-state index in [0.717, 1.165) is 12.8 Å². The average molecular weight is 169 g/mol. The number of primary amides is 1. The predicted octanol–water partition coefficient (Wildman–Crippen LogP) is 0.435. The monoisotopic (exact) mass is 169 g/mol. The van der Waals surface area contributed by atoms with E-state index in [9.17, 15) is 9.90 Å². The zero-order chi connectivity index (χ0) is 9.14. The third-order valence-corrected chi connectivity index (χ3v) is 2.48. The molecule has 1 unspecified atom stereocenters. The largest absolute Gasteiger partial charge is 0.383 e. The van der Waals surface area contributed by atoms with Gasteiger partial charge in [-0.1, -0.05) is 19.1 Å². The molecule has 1 aliphatic rings. The number of aliphatic hydroxyl groups is 1. The van der Waals surface area contributed by atoms with Crippen LogP contribution < -0.4 is 5.73 Å². The second kappa shape index (κ2) is 3.72. The van der Waals surface area contributed by atoms with E-state index in [1.807, 2.05) is 13.0 Å². The number of amides is 1. The maximum Gasteiger partial charge on any atom is 0.246 e. The molecule has 0 fully saturated rings. The van der Waals surface area contributed by atoms with Gasteiger partial charge in [0.05, 0.1) is 0 Å². The van der Waals surface area contributed by atoms with Crippen molar-refractivity contribution < 1.29 is 9.90 Å². The molecule has 0 aliphatic heterocycles. The van der Waals surface area contributed by atoms with Gasteiger partial charge in [0, 0.05) is 5.92 Å². The van der Waals surface area contributed by atoms with Gasteiger partial charge in [-0.25, -0.2) is 0 Å². The molecule has 0 heterocycles. The minimum Gasteiger partial charge on any atom is -0.383 e. The van der Waals surface area contributed by atoms with Crippen LogP contribution in [0.1, 0.15) is 19.8 Å². The Balaban J connectivity index is 2.62. The summed E-state index contributed by atoms with van der Waals surface area (Å²) in [4.78, 5) is 10.7. The van der Waals surface area contributed by atoms with Crippen LogP contribution in [0.4, 0.5) is 0 Å². The lowest BCUT2D eigenvalue weighted by atomic mass is 9.81. The number of carbonyl (C=O) groups is 1. The molecule has 12 heavy (non-hydrogen) atoms. The van der Waals surface area contributed by atoms with Gasteiger partial charge in [-0.05, 0) is 18.8 Å². The van der Waals surface area contributed by atoms with Gasteiger partial charge < -0.3 is 10.8 Å². The van der Waals surface area contributed by atoms with Crippen molar-refractivity contribution in [2.45, 2.75) is 25.9 Å². The van der Waals surface area contributed by atoms with Crippen LogP contribution in [0.15, 0.2) is 12.2 Å². The summed E-state index contributed by atoms with van der Waals surface area (Å²) in [5, 5.41) is 9.41. The Bertz CT molecular complexity index is 201. The normalized spacial score (nSPS) is 31.5. The molecule has 1 aliphatic carbocycles. The molecule has 0 saturated carbocycles. The first-order valence-electron chi connectivity index (χ1n) is 4.27. The fraction of sp³-hybridized carbons (Fsp3) is 0.667. The van der Waals surface area contributed by atoms with Crippen LogP contribution >= 0.6 is 0 Å². The fourth-order valence-electron chi connectivity index (χ4n) is 1.66. The number of nitrogens with two attached hydrogens (primary N) is 1. The minimum absolute atomic E-state index is 0.00694. The second-order valence-corrected chi connectivity index (χ2v) is 3.38. The highest BCUT2D eigenvalue weighted by molar-refractivity contribution is 5.78. The van der Waals surface area contributed by atoms with E-state index in [2.05, 4.69) is 6.08 Å². The summed E-state index contributed by atoms with van der Waals surface area (Å²) in [5.74, 6) is -0.351. The van der Waals surface area contributed by atoms with Gasteiger partial charge in [-0.3, -0.25) is 4.79 Å². The van der Waals surface area contributed by atoms with Crippen molar-refractivity contribution in [3.63, 3.8) is 0 Å². The Morgan fingerprint density at radius 3 is 2.92 bits per heavy atom. The summed E-state index contributed by atoms with van der Waals surface area (Å²) in [6.07, 6.45) is 4.90. The van der Waals surface area contributed by atoms with Crippen LogP contribution in [0.2, 0.25) is 0 Å². The Morgan fingerprint density at radius 2 is 2.42 bits per heavy atom. The quantitative estimate of drug-likeness (QED) is 0.589. The van der Waals surface area contributed by atoms with Gasteiger partial charge in [0.25, 0.3) is 0 Å². The molecule has 3 N–H and O–H groups in total. The molecule has 3 atom stereocenters. The number of hydrogen-bond donors (Lipinski definition) is 2. The summed E-state index contributed by atoms with van der Waals surface area (Å²) in [6.45, 7) is 1.99. The summed E-state index contributed by atoms with van der Waals surface area (Å²) >= 11 is 0. The van der Waals surface area contributed by atoms with Crippen molar-refractivity contribution in [3.05, 3.63) is 12.2 Å². The van der Waals surface area contributed by atoms with E-state index < -0.39 is 12.0 Å². The van der Waals surface area contributed by atoms with E-state index in [-0.39, 0.29) is 11.8 Å². The van der Waals surface area contributed by atoms with Crippen LogP contribution in [-0.4, -0.2) is 17.1 Å². The minimum atomic E-state index is -0.982. The Hall–Kier alpha value is -0.830. The number of aliphatic hydroxyl groups excluding tert-OH is 1. The zero-order valence-electron chi connectivity index (χ0n) is 7.23. The van der Waals surface area contributed by atoms with E-state index in [4.69, 9.17) is 5.73 Å². The molecule has 0 aromatic rings. The molecule has 68 valence electrons. The van der Waals surface area contributed by atoms with Gasteiger partial charge in [-0.2, -0.15) is 0 Å². The van der Waals surface area contributed by atoms with Crippen molar-refractivity contribution in [3.8, 4) is 0 Å². The molecule has 0 spiro atoms. The van der Waals surface area contributed by atoms with E-state index >= 15 is 0 Å². The molecule has 0 radical (unpaired) electrons. The topological polar surface area (TPSA) is 63.3 Å². The first-order chi connectivity index (χ1) is 5.63. The summed E-state index contributed by atoms with van der Waals surface area (Å²) in [5.41, 5.74) is 5.02. The maximum atomic E-state index is 10.7. The Kier molecular flexibility index (Phi) is 2.87. The molecule has 0 saturated heterocycles. The van der Waals surface area contributed by atoms with Gasteiger partial charge >= 0.3 is 0 Å². The van der Waals surface area contributed by atoms with Crippen molar-refractivity contribution >= 4 is 5.91 Å². The van der Waals surface area contributed by atoms with Gasteiger partial charge in [0.2, 0.25) is 5.91 Å². The molecule has 3 heteroatoms. The third-order valence-electron chi connectivity index (χ3n) is 2.48. The maximum absolute atomic E-state index is 10.7. The Labute approximate surface area is 72.3 Å². The lowest BCUT2D eigenvalue weighted by molar-refractivity contribution is -0.129. The first kappa shape index (κ1) is 9.26. The molecule has 1 rings (SSSR count).